The zero-order valence-corrected chi connectivity index (χ0v) is 20.7. The number of hydrogen-bond donors (Lipinski definition) is 1. The van der Waals surface area contributed by atoms with Gasteiger partial charge in [-0.25, -0.2) is 0 Å². The predicted molar refractivity (Wildman–Crippen MR) is 137 cm³/mol. The molecular weight excluding hydrogens is 446 g/mol. The van der Waals surface area contributed by atoms with Gasteiger partial charge in [0.05, 0.1) is 7.11 Å². The lowest BCUT2D eigenvalue weighted by atomic mass is 9.74. The minimum absolute atomic E-state index is 0.0771. The Labute approximate surface area is 206 Å². The van der Waals surface area contributed by atoms with E-state index < -0.39 is 0 Å². The third-order valence-electron chi connectivity index (χ3n) is 7.08. The number of nitrogens with zero attached hydrogens (tertiary/aromatic N) is 2. The summed E-state index contributed by atoms with van der Waals surface area (Å²) < 4.78 is 5.42. The molecule has 0 saturated carbocycles. The van der Waals surface area contributed by atoms with Crippen molar-refractivity contribution in [2.75, 3.05) is 38.6 Å². The third kappa shape index (κ3) is 4.26. The summed E-state index contributed by atoms with van der Waals surface area (Å²) in [5.41, 5.74) is 6.70. The lowest BCUT2D eigenvalue weighted by molar-refractivity contribution is 0.0628. The standard InChI is InChI=1S/C28H30ClN3O2/c1-28(2)23-10-9-22(34-3)17-26(23)30-25-11-4-19(16-24(25)28)18-31-12-14-32(15-13-31)27(33)20-5-7-21(29)8-6-20/h4-11,16-17,30H,12-15,18H2,1-3H3. The van der Waals surface area contributed by atoms with E-state index in [1.807, 2.05) is 11.0 Å². The van der Waals surface area contributed by atoms with Crippen LogP contribution in [0, 0.1) is 0 Å². The van der Waals surface area contributed by atoms with Crippen molar-refractivity contribution < 1.29 is 9.53 Å². The highest BCUT2D eigenvalue weighted by atomic mass is 35.5. The van der Waals surface area contributed by atoms with Crippen molar-refractivity contribution in [2.24, 2.45) is 0 Å². The van der Waals surface area contributed by atoms with E-state index in [-0.39, 0.29) is 11.3 Å². The second-order valence-corrected chi connectivity index (χ2v) is 10.1. The van der Waals surface area contributed by atoms with Crippen LogP contribution in [0.1, 0.15) is 40.9 Å². The van der Waals surface area contributed by atoms with Gasteiger partial charge in [-0.1, -0.05) is 43.6 Å². The molecule has 176 valence electrons. The Morgan fingerprint density at radius 1 is 0.941 bits per heavy atom. The van der Waals surface area contributed by atoms with Gasteiger partial charge in [0, 0.05) is 66.2 Å². The van der Waals surface area contributed by atoms with Crippen molar-refractivity contribution in [3.8, 4) is 5.75 Å². The molecule has 6 heteroatoms. The van der Waals surface area contributed by atoms with E-state index in [9.17, 15) is 4.79 Å². The number of nitrogens with one attached hydrogen (secondary N) is 1. The molecular formula is C28H30ClN3O2. The SMILES string of the molecule is COc1ccc2c(c1)Nc1ccc(CN3CCN(C(=O)c4ccc(Cl)cc4)CC3)cc1C2(C)C. The fourth-order valence-corrected chi connectivity index (χ4v) is 5.17. The molecule has 2 aliphatic rings. The molecule has 2 heterocycles. The topological polar surface area (TPSA) is 44.8 Å². The summed E-state index contributed by atoms with van der Waals surface area (Å²) in [7, 11) is 1.70. The normalized spacial score (nSPS) is 16.9. The number of carbonyl (C=O) groups is 1. The van der Waals surface area contributed by atoms with Crippen LogP contribution in [0.5, 0.6) is 5.75 Å². The van der Waals surface area contributed by atoms with Crippen LogP contribution in [0.15, 0.2) is 60.7 Å². The summed E-state index contributed by atoms with van der Waals surface area (Å²) in [5.74, 6) is 0.934. The average Bonchev–Trinajstić information content (AvgIpc) is 2.85. The van der Waals surface area contributed by atoms with Crippen LogP contribution < -0.4 is 10.1 Å². The summed E-state index contributed by atoms with van der Waals surface area (Å²) in [6.45, 7) is 8.62. The van der Waals surface area contributed by atoms with Crippen LogP contribution in [-0.4, -0.2) is 49.0 Å². The van der Waals surface area contributed by atoms with Crippen molar-refractivity contribution in [2.45, 2.75) is 25.8 Å². The molecule has 0 aromatic heterocycles. The minimum atomic E-state index is -0.109. The van der Waals surface area contributed by atoms with Crippen molar-refractivity contribution >= 4 is 28.9 Å². The van der Waals surface area contributed by atoms with Gasteiger partial charge in [0.25, 0.3) is 5.91 Å². The van der Waals surface area contributed by atoms with Gasteiger partial charge in [0.2, 0.25) is 0 Å². The zero-order chi connectivity index (χ0) is 23.9. The smallest absolute Gasteiger partial charge is 0.253 e. The number of piperazine rings is 1. The van der Waals surface area contributed by atoms with Crippen molar-refractivity contribution in [3.05, 3.63) is 87.9 Å². The highest BCUT2D eigenvalue weighted by Gasteiger charge is 2.33. The predicted octanol–water partition coefficient (Wildman–Crippen LogP) is 5.69. The van der Waals surface area contributed by atoms with E-state index >= 15 is 0 Å². The maximum atomic E-state index is 12.8. The molecule has 5 rings (SSSR count). The van der Waals surface area contributed by atoms with Crippen molar-refractivity contribution in [1.82, 2.24) is 9.80 Å². The Balaban J connectivity index is 1.27. The van der Waals surface area contributed by atoms with Crippen molar-refractivity contribution in [3.63, 3.8) is 0 Å². The molecule has 1 fully saturated rings. The average molecular weight is 476 g/mol. The minimum Gasteiger partial charge on any atom is -0.497 e. The van der Waals surface area contributed by atoms with Gasteiger partial charge in [-0.2, -0.15) is 0 Å². The van der Waals surface area contributed by atoms with Gasteiger partial charge in [0.1, 0.15) is 5.75 Å². The molecule has 0 radical (unpaired) electrons. The van der Waals surface area contributed by atoms with Crippen molar-refractivity contribution in [1.29, 1.82) is 0 Å². The van der Waals surface area contributed by atoms with Crippen LogP contribution in [0.3, 0.4) is 0 Å². The molecule has 0 bridgehead atoms. The molecule has 0 atom stereocenters. The summed E-state index contributed by atoms with van der Waals surface area (Å²) >= 11 is 5.96. The molecule has 5 nitrogen and oxygen atoms in total. The first-order valence-corrected chi connectivity index (χ1v) is 12.1. The van der Waals surface area contributed by atoms with Gasteiger partial charge in [-0.05, 0) is 53.1 Å². The molecule has 0 unspecified atom stereocenters. The van der Waals surface area contributed by atoms with E-state index in [0.29, 0.717) is 10.6 Å². The fourth-order valence-electron chi connectivity index (χ4n) is 5.05. The number of methoxy groups -OCH3 is 1. The van der Waals surface area contributed by atoms with E-state index in [1.54, 1.807) is 31.4 Å². The fraction of sp³-hybridized carbons (Fsp3) is 0.321. The number of ether oxygens (including phenoxy) is 1. The van der Waals surface area contributed by atoms with Crippen LogP contribution >= 0.6 is 11.6 Å². The van der Waals surface area contributed by atoms with E-state index in [0.717, 1.165) is 49.8 Å². The van der Waals surface area contributed by atoms with Gasteiger partial charge < -0.3 is 15.0 Å². The first kappa shape index (κ1) is 22.8. The summed E-state index contributed by atoms with van der Waals surface area (Å²) in [4.78, 5) is 17.2. The molecule has 2 aliphatic heterocycles. The Hall–Kier alpha value is -3.02. The molecule has 1 saturated heterocycles. The van der Waals surface area contributed by atoms with Gasteiger partial charge >= 0.3 is 0 Å². The lowest BCUT2D eigenvalue weighted by Gasteiger charge is -2.37. The Bertz CT molecular complexity index is 1210. The van der Waals surface area contributed by atoms with E-state index in [1.165, 1.54) is 16.7 Å². The van der Waals surface area contributed by atoms with E-state index in [2.05, 4.69) is 54.4 Å². The monoisotopic (exact) mass is 475 g/mol. The van der Waals surface area contributed by atoms with Crippen LogP contribution in [-0.2, 0) is 12.0 Å². The maximum absolute atomic E-state index is 12.8. The Morgan fingerprint density at radius 3 is 2.38 bits per heavy atom. The number of rotatable bonds is 4. The Kier molecular flexibility index (Phi) is 6.00. The number of anilines is 2. The molecule has 3 aromatic carbocycles. The zero-order valence-electron chi connectivity index (χ0n) is 19.9. The third-order valence-corrected chi connectivity index (χ3v) is 7.34. The highest BCUT2D eigenvalue weighted by Crippen LogP contribution is 2.46. The Morgan fingerprint density at radius 2 is 1.68 bits per heavy atom. The number of carbonyl (C=O) groups excluding carboxylic acids is 1. The maximum Gasteiger partial charge on any atom is 0.253 e. The van der Waals surface area contributed by atoms with Crippen LogP contribution in [0.2, 0.25) is 5.02 Å². The van der Waals surface area contributed by atoms with Crippen LogP contribution in [0.4, 0.5) is 11.4 Å². The van der Waals surface area contributed by atoms with Gasteiger partial charge in [0.15, 0.2) is 0 Å². The number of halogens is 1. The van der Waals surface area contributed by atoms with E-state index in [4.69, 9.17) is 16.3 Å². The number of hydrogen-bond acceptors (Lipinski definition) is 4. The summed E-state index contributed by atoms with van der Waals surface area (Å²) in [5, 5.41) is 4.24. The molecule has 34 heavy (non-hydrogen) atoms. The first-order chi connectivity index (χ1) is 16.3. The second kappa shape index (κ2) is 8.97. The highest BCUT2D eigenvalue weighted by molar-refractivity contribution is 6.30. The number of fused-ring (bicyclic) bond motifs is 2. The number of benzene rings is 3. The molecule has 1 N–H and O–H groups in total. The second-order valence-electron chi connectivity index (χ2n) is 9.62. The van der Waals surface area contributed by atoms with Gasteiger partial charge in [-0.15, -0.1) is 0 Å². The molecule has 0 spiro atoms. The lowest BCUT2D eigenvalue weighted by Crippen LogP contribution is -2.48. The molecule has 3 aromatic rings. The number of amides is 1. The quantitative estimate of drug-likeness (QED) is 0.526. The summed E-state index contributed by atoms with van der Waals surface area (Å²) in [6, 6.07) is 20.1. The largest absolute Gasteiger partial charge is 0.497 e. The van der Waals surface area contributed by atoms with Crippen LogP contribution in [0.25, 0.3) is 0 Å². The molecule has 0 aliphatic carbocycles. The van der Waals surface area contributed by atoms with Gasteiger partial charge in [-0.3, -0.25) is 9.69 Å². The first-order valence-electron chi connectivity index (χ1n) is 11.7. The molecule has 1 amide bonds. The summed E-state index contributed by atoms with van der Waals surface area (Å²) in [6.07, 6.45) is 0.